The summed E-state index contributed by atoms with van der Waals surface area (Å²) in [5.74, 6) is 0.0216. The second-order valence-electron chi connectivity index (χ2n) is 5.10. The first kappa shape index (κ1) is 15.2. The molecule has 1 amide bonds. The number of amides is 1. The maximum absolute atomic E-state index is 12.2. The summed E-state index contributed by atoms with van der Waals surface area (Å²) in [4.78, 5) is 16.3. The molecule has 1 N–H and O–H groups in total. The molecular formula is C15H20N2OS2. The van der Waals surface area contributed by atoms with Gasteiger partial charge in [0.25, 0.3) is 5.91 Å². The van der Waals surface area contributed by atoms with Gasteiger partial charge in [-0.3, -0.25) is 4.79 Å². The van der Waals surface area contributed by atoms with Gasteiger partial charge in [0.15, 0.2) is 0 Å². The Bertz CT molecular complexity index is 553. The highest BCUT2D eigenvalue weighted by Crippen LogP contribution is 2.22. The highest BCUT2D eigenvalue weighted by Gasteiger charge is 2.17. The van der Waals surface area contributed by atoms with Crippen molar-refractivity contribution in [2.75, 3.05) is 20.6 Å². The van der Waals surface area contributed by atoms with E-state index in [1.54, 1.807) is 22.7 Å². The van der Waals surface area contributed by atoms with Gasteiger partial charge in [-0.05, 0) is 62.0 Å². The Morgan fingerprint density at radius 3 is 2.65 bits per heavy atom. The number of thiophene rings is 2. The predicted octanol–water partition coefficient (Wildman–Crippen LogP) is 3.46. The summed E-state index contributed by atoms with van der Waals surface area (Å²) in [7, 11) is 4.07. The zero-order chi connectivity index (χ0) is 14.7. The average Bonchev–Trinajstić information content (AvgIpc) is 3.00. The lowest BCUT2D eigenvalue weighted by Gasteiger charge is -2.23. The molecule has 2 rings (SSSR count). The third kappa shape index (κ3) is 3.48. The van der Waals surface area contributed by atoms with Gasteiger partial charge in [-0.2, -0.15) is 11.3 Å². The van der Waals surface area contributed by atoms with E-state index in [9.17, 15) is 4.79 Å². The minimum Gasteiger partial charge on any atom is -0.349 e. The number of hydrogen-bond acceptors (Lipinski definition) is 4. The van der Waals surface area contributed by atoms with Crippen LogP contribution in [0.2, 0.25) is 0 Å². The summed E-state index contributed by atoms with van der Waals surface area (Å²) in [5, 5.41) is 7.25. The Hall–Kier alpha value is -1.17. The van der Waals surface area contributed by atoms with Gasteiger partial charge in [-0.25, -0.2) is 0 Å². The Labute approximate surface area is 128 Å². The number of nitrogens with one attached hydrogen (secondary N) is 1. The number of aryl methyl sites for hydroxylation is 2. The lowest BCUT2D eigenvalue weighted by Crippen LogP contribution is -2.34. The topological polar surface area (TPSA) is 32.3 Å². The molecule has 2 heterocycles. The summed E-state index contributed by atoms with van der Waals surface area (Å²) >= 11 is 3.24. The monoisotopic (exact) mass is 308 g/mol. The van der Waals surface area contributed by atoms with Crippen LogP contribution >= 0.6 is 22.7 Å². The second-order valence-corrected chi connectivity index (χ2v) is 7.13. The summed E-state index contributed by atoms with van der Waals surface area (Å²) in [6, 6.07) is 4.29. The van der Waals surface area contributed by atoms with E-state index >= 15 is 0 Å². The highest BCUT2D eigenvalue weighted by atomic mass is 32.1. The molecule has 0 aliphatic heterocycles. The lowest BCUT2D eigenvalue weighted by atomic mass is 10.1. The van der Waals surface area contributed by atoms with Crippen molar-refractivity contribution in [3.05, 3.63) is 43.8 Å². The molecule has 0 aliphatic rings. The standard InChI is InChI=1S/C15H20N2OS2/c1-10-7-14(20-11(10)2)15(18)16-8-13(17(3)4)12-5-6-19-9-12/h5-7,9,13H,8H2,1-4H3,(H,16,18)/t13-/m1/s1. The maximum Gasteiger partial charge on any atom is 0.261 e. The normalized spacial score (nSPS) is 12.7. The summed E-state index contributed by atoms with van der Waals surface area (Å²) in [6.07, 6.45) is 0. The fraction of sp³-hybridized carbons (Fsp3) is 0.400. The van der Waals surface area contributed by atoms with Crippen molar-refractivity contribution in [3.8, 4) is 0 Å². The van der Waals surface area contributed by atoms with Crippen LogP contribution in [0.3, 0.4) is 0 Å². The third-order valence-electron chi connectivity index (χ3n) is 3.40. The molecule has 0 aromatic carbocycles. The van der Waals surface area contributed by atoms with E-state index in [1.807, 2.05) is 34.0 Å². The summed E-state index contributed by atoms with van der Waals surface area (Å²) < 4.78 is 0. The van der Waals surface area contributed by atoms with Gasteiger partial charge in [-0.15, -0.1) is 11.3 Å². The first-order valence-electron chi connectivity index (χ1n) is 6.52. The van der Waals surface area contributed by atoms with E-state index in [4.69, 9.17) is 0 Å². The van der Waals surface area contributed by atoms with Gasteiger partial charge in [-0.1, -0.05) is 0 Å². The summed E-state index contributed by atoms with van der Waals surface area (Å²) in [5.41, 5.74) is 2.43. The zero-order valence-electron chi connectivity index (χ0n) is 12.3. The smallest absolute Gasteiger partial charge is 0.261 e. The van der Waals surface area contributed by atoms with Gasteiger partial charge in [0.1, 0.15) is 0 Å². The zero-order valence-corrected chi connectivity index (χ0v) is 13.9. The Balaban J connectivity index is 2.01. The second kappa shape index (κ2) is 6.52. The number of hydrogen-bond donors (Lipinski definition) is 1. The van der Waals surface area contributed by atoms with E-state index < -0.39 is 0 Å². The molecule has 2 aromatic rings. The molecule has 0 spiro atoms. The predicted molar refractivity (Wildman–Crippen MR) is 86.9 cm³/mol. The van der Waals surface area contributed by atoms with Crippen molar-refractivity contribution >= 4 is 28.6 Å². The van der Waals surface area contributed by atoms with Crippen molar-refractivity contribution in [3.63, 3.8) is 0 Å². The van der Waals surface area contributed by atoms with Gasteiger partial charge in [0, 0.05) is 11.4 Å². The molecule has 2 aromatic heterocycles. The van der Waals surface area contributed by atoms with Crippen LogP contribution in [0.1, 0.15) is 31.7 Å². The van der Waals surface area contributed by atoms with Gasteiger partial charge >= 0.3 is 0 Å². The molecule has 3 nitrogen and oxygen atoms in total. The highest BCUT2D eigenvalue weighted by molar-refractivity contribution is 7.14. The molecule has 5 heteroatoms. The molecular weight excluding hydrogens is 288 g/mol. The van der Waals surface area contributed by atoms with Crippen molar-refractivity contribution in [1.82, 2.24) is 10.2 Å². The van der Waals surface area contributed by atoms with E-state index in [2.05, 4.69) is 27.0 Å². The van der Waals surface area contributed by atoms with Crippen LogP contribution < -0.4 is 5.32 Å². The van der Waals surface area contributed by atoms with Gasteiger partial charge < -0.3 is 10.2 Å². The van der Waals surface area contributed by atoms with Crippen LogP contribution in [0.5, 0.6) is 0 Å². The van der Waals surface area contributed by atoms with Crippen LogP contribution in [0, 0.1) is 13.8 Å². The van der Waals surface area contributed by atoms with Crippen molar-refractivity contribution in [1.29, 1.82) is 0 Å². The third-order valence-corrected chi connectivity index (χ3v) is 5.25. The fourth-order valence-electron chi connectivity index (χ4n) is 2.02. The van der Waals surface area contributed by atoms with Crippen molar-refractivity contribution in [2.45, 2.75) is 19.9 Å². The van der Waals surface area contributed by atoms with Gasteiger partial charge in [0.2, 0.25) is 0 Å². The molecule has 1 atom stereocenters. The van der Waals surface area contributed by atoms with Crippen molar-refractivity contribution < 1.29 is 4.79 Å². The molecule has 0 fully saturated rings. The maximum atomic E-state index is 12.2. The molecule has 0 bridgehead atoms. The van der Waals surface area contributed by atoms with Crippen LogP contribution in [0.4, 0.5) is 0 Å². The number of carbonyl (C=O) groups is 1. The Morgan fingerprint density at radius 1 is 1.40 bits per heavy atom. The Kier molecular flexibility index (Phi) is 4.96. The first-order chi connectivity index (χ1) is 9.49. The molecule has 108 valence electrons. The van der Waals surface area contributed by atoms with E-state index in [0.29, 0.717) is 6.54 Å². The fourth-order valence-corrected chi connectivity index (χ4v) is 3.68. The van der Waals surface area contributed by atoms with E-state index in [1.165, 1.54) is 16.0 Å². The summed E-state index contributed by atoms with van der Waals surface area (Å²) in [6.45, 7) is 4.71. The molecule has 0 unspecified atom stereocenters. The largest absolute Gasteiger partial charge is 0.349 e. The van der Waals surface area contributed by atoms with Crippen molar-refractivity contribution in [2.24, 2.45) is 0 Å². The van der Waals surface area contributed by atoms with Crippen LogP contribution in [0.25, 0.3) is 0 Å². The molecule has 0 saturated carbocycles. The molecule has 0 aliphatic carbocycles. The number of carbonyl (C=O) groups excluding carboxylic acids is 1. The average molecular weight is 308 g/mol. The van der Waals surface area contributed by atoms with E-state index in [-0.39, 0.29) is 11.9 Å². The van der Waals surface area contributed by atoms with Crippen LogP contribution in [-0.2, 0) is 0 Å². The molecule has 20 heavy (non-hydrogen) atoms. The Morgan fingerprint density at radius 2 is 2.15 bits per heavy atom. The quantitative estimate of drug-likeness (QED) is 0.917. The van der Waals surface area contributed by atoms with Gasteiger partial charge in [0.05, 0.1) is 10.9 Å². The SMILES string of the molecule is Cc1cc(C(=O)NC[C@H](c2ccsc2)N(C)C)sc1C. The molecule has 0 saturated heterocycles. The number of likely N-dealkylation sites (N-methyl/N-ethyl adjacent to an activating group) is 1. The van der Waals surface area contributed by atoms with Crippen LogP contribution in [-0.4, -0.2) is 31.4 Å². The van der Waals surface area contributed by atoms with Crippen LogP contribution in [0.15, 0.2) is 22.9 Å². The lowest BCUT2D eigenvalue weighted by molar-refractivity contribution is 0.0946. The number of nitrogens with zero attached hydrogens (tertiary/aromatic N) is 1. The number of rotatable bonds is 5. The molecule has 0 radical (unpaired) electrons. The van der Waals surface area contributed by atoms with E-state index in [0.717, 1.165) is 4.88 Å². The first-order valence-corrected chi connectivity index (χ1v) is 8.28. The minimum atomic E-state index is 0.0216. The minimum absolute atomic E-state index is 0.0216.